The molecule has 0 aliphatic heterocycles. The summed E-state index contributed by atoms with van der Waals surface area (Å²) in [5.41, 5.74) is 0.628. The van der Waals surface area contributed by atoms with Gasteiger partial charge in [-0.1, -0.05) is 6.07 Å². The van der Waals surface area contributed by atoms with Gasteiger partial charge in [0.2, 0.25) is 0 Å². The van der Waals surface area contributed by atoms with Crippen molar-refractivity contribution in [1.82, 2.24) is 25.1 Å². The molecule has 104 valence electrons. The van der Waals surface area contributed by atoms with Crippen LogP contribution in [0.2, 0.25) is 0 Å². The minimum absolute atomic E-state index is 0.0273. The van der Waals surface area contributed by atoms with Gasteiger partial charge in [0.05, 0.1) is 17.2 Å². The van der Waals surface area contributed by atoms with Crippen molar-refractivity contribution < 1.29 is 4.92 Å². The fourth-order valence-corrected chi connectivity index (χ4v) is 2.11. The van der Waals surface area contributed by atoms with Crippen LogP contribution in [-0.2, 0) is 6.54 Å². The lowest BCUT2D eigenvalue weighted by molar-refractivity contribution is -0.384. The zero-order valence-corrected chi connectivity index (χ0v) is 11.0. The highest BCUT2D eigenvalue weighted by molar-refractivity contribution is 5.42. The lowest BCUT2D eigenvalue weighted by Crippen LogP contribution is -2.22. The molecule has 1 aromatic carbocycles. The first kappa shape index (κ1) is 12.7. The van der Waals surface area contributed by atoms with Gasteiger partial charge >= 0.3 is 0 Å². The average Bonchev–Trinajstić information content (AvgIpc) is 3.20. The van der Waals surface area contributed by atoms with Crippen LogP contribution in [0, 0.1) is 10.1 Å². The summed E-state index contributed by atoms with van der Waals surface area (Å²) in [6.07, 6.45) is 2.41. The van der Waals surface area contributed by atoms with Crippen LogP contribution >= 0.6 is 0 Å². The maximum absolute atomic E-state index is 10.8. The van der Waals surface area contributed by atoms with E-state index in [1.165, 1.54) is 25.0 Å². The minimum atomic E-state index is -0.427. The van der Waals surface area contributed by atoms with E-state index >= 15 is 0 Å². The number of rotatable bonds is 5. The molecule has 0 N–H and O–H groups in total. The van der Waals surface area contributed by atoms with Gasteiger partial charge in [-0.25, -0.2) is 0 Å². The summed E-state index contributed by atoms with van der Waals surface area (Å²) in [4.78, 5) is 12.6. The number of hydrogen-bond donors (Lipinski definition) is 0. The predicted molar refractivity (Wildman–Crippen MR) is 70.3 cm³/mol. The third-order valence-electron chi connectivity index (χ3n) is 3.38. The summed E-state index contributed by atoms with van der Waals surface area (Å²) in [6.45, 7) is 0.625. The molecule has 0 atom stereocenters. The van der Waals surface area contributed by atoms with Crippen LogP contribution in [-0.4, -0.2) is 43.1 Å². The van der Waals surface area contributed by atoms with Crippen LogP contribution in [0.25, 0.3) is 5.69 Å². The van der Waals surface area contributed by atoms with E-state index in [1.54, 1.807) is 16.8 Å². The van der Waals surface area contributed by atoms with E-state index in [4.69, 9.17) is 0 Å². The highest BCUT2D eigenvalue weighted by Crippen LogP contribution is 2.26. The van der Waals surface area contributed by atoms with Gasteiger partial charge in [0.15, 0.2) is 5.82 Å². The highest BCUT2D eigenvalue weighted by atomic mass is 16.6. The van der Waals surface area contributed by atoms with Crippen LogP contribution in [0.4, 0.5) is 5.69 Å². The summed E-state index contributed by atoms with van der Waals surface area (Å²) in [5.74, 6) is 0.680. The lowest BCUT2D eigenvalue weighted by Gasteiger charge is -2.14. The molecule has 1 saturated carbocycles. The molecule has 0 saturated heterocycles. The molecule has 0 spiro atoms. The second-order valence-corrected chi connectivity index (χ2v) is 4.93. The van der Waals surface area contributed by atoms with Crippen molar-refractivity contribution in [2.45, 2.75) is 25.4 Å². The number of tetrazole rings is 1. The molecule has 8 heteroatoms. The maximum Gasteiger partial charge on any atom is 0.271 e. The Balaban J connectivity index is 1.88. The maximum atomic E-state index is 10.8. The summed E-state index contributed by atoms with van der Waals surface area (Å²) < 4.78 is 1.55. The fourth-order valence-electron chi connectivity index (χ4n) is 2.11. The first-order valence-electron chi connectivity index (χ1n) is 6.37. The topological polar surface area (TPSA) is 90.0 Å². The molecule has 1 aliphatic rings. The zero-order valence-electron chi connectivity index (χ0n) is 11.0. The first-order chi connectivity index (χ1) is 9.65. The molecule has 0 amide bonds. The summed E-state index contributed by atoms with van der Waals surface area (Å²) >= 11 is 0. The van der Waals surface area contributed by atoms with Gasteiger partial charge in [0, 0.05) is 18.2 Å². The van der Waals surface area contributed by atoms with Gasteiger partial charge in [-0.05, 0) is 36.4 Å². The molecule has 1 heterocycles. The number of nitro benzene ring substituents is 1. The number of benzene rings is 1. The molecule has 0 radical (unpaired) electrons. The van der Waals surface area contributed by atoms with E-state index in [0.717, 1.165) is 0 Å². The molecule has 1 aliphatic carbocycles. The molecular weight excluding hydrogens is 260 g/mol. The van der Waals surface area contributed by atoms with Gasteiger partial charge in [-0.3, -0.25) is 15.0 Å². The van der Waals surface area contributed by atoms with E-state index in [9.17, 15) is 10.1 Å². The van der Waals surface area contributed by atoms with Crippen molar-refractivity contribution in [3.8, 4) is 5.69 Å². The van der Waals surface area contributed by atoms with Crippen LogP contribution in [0.3, 0.4) is 0 Å². The molecule has 0 bridgehead atoms. The van der Waals surface area contributed by atoms with Crippen molar-refractivity contribution in [3.05, 3.63) is 40.2 Å². The molecule has 1 aromatic heterocycles. The highest BCUT2D eigenvalue weighted by Gasteiger charge is 2.27. The molecular formula is C12H14N6O2. The van der Waals surface area contributed by atoms with E-state index in [-0.39, 0.29) is 5.69 Å². The number of non-ortho nitro benzene ring substituents is 1. The number of nitrogens with zero attached hydrogens (tertiary/aromatic N) is 6. The fraction of sp³-hybridized carbons (Fsp3) is 0.417. The van der Waals surface area contributed by atoms with Gasteiger partial charge in [-0.15, -0.1) is 5.10 Å². The molecule has 0 unspecified atom stereocenters. The smallest absolute Gasteiger partial charge is 0.271 e. The Bertz CT molecular complexity index is 636. The van der Waals surface area contributed by atoms with E-state index in [1.807, 2.05) is 7.05 Å². The third-order valence-corrected chi connectivity index (χ3v) is 3.38. The normalized spacial score (nSPS) is 14.7. The van der Waals surface area contributed by atoms with E-state index in [0.29, 0.717) is 24.1 Å². The van der Waals surface area contributed by atoms with Crippen molar-refractivity contribution >= 4 is 5.69 Å². The van der Waals surface area contributed by atoms with Gasteiger partial charge in [0.1, 0.15) is 0 Å². The van der Waals surface area contributed by atoms with Crippen LogP contribution in [0.5, 0.6) is 0 Å². The monoisotopic (exact) mass is 274 g/mol. The molecule has 2 aromatic rings. The Hall–Kier alpha value is -2.35. The molecule has 3 rings (SSSR count). The van der Waals surface area contributed by atoms with Crippen LogP contribution in [0.15, 0.2) is 24.3 Å². The average molecular weight is 274 g/mol. The Morgan fingerprint density at radius 3 is 3.00 bits per heavy atom. The number of nitro groups is 1. The van der Waals surface area contributed by atoms with Crippen LogP contribution in [0.1, 0.15) is 18.7 Å². The lowest BCUT2D eigenvalue weighted by atomic mass is 10.3. The second-order valence-electron chi connectivity index (χ2n) is 4.93. The SMILES string of the molecule is CN(Cc1nnnn1-c1cccc([N+](=O)[O-])c1)C1CC1. The van der Waals surface area contributed by atoms with Crippen molar-refractivity contribution in [2.24, 2.45) is 0 Å². The quantitative estimate of drug-likeness (QED) is 0.600. The summed E-state index contributed by atoms with van der Waals surface area (Å²) in [6, 6.07) is 6.90. The van der Waals surface area contributed by atoms with Crippen molar-refractivity contribution in [1.29, 1.82) is 0 Å². The number of aromatic nitrogens is 4. The Labute approximate surface area is 115 Å². The molecule has 1 fully saturated rings. The first-order valence-corrected chi connectivity index (χ1v) is 6.37. The van der Waals surface area contributed by atoms with Crippen molar-refractivity contribution in [3.63, 3.8) is 0 Å². The largest absolute Gasteiger partial charge is 0.296 e. The van der Waals surface area contributed by atoms with Crippen molar-refractivity contribution in [2.75, 3.05) is 7.05 Å². The zero-order chi connectivity index (χ0) is 14.1. The van der Waals surface area contributed by atoms with Crippen LogP contribution < -0.4 is 0 Å². The molecule has 20 heavy (non-hydrogen) atoms. The summed E-state index contributed by atoms with van der Waals surface area (Å²) in [7, 11) is 2.03. The minimum Gasteiger partial charge on any atom is -0.296 e. The van der Waals surface area contributed by atoms with Gasteiger partial charge in [-0.2, -0.15) is 4.68 Å². The van der Waals surface area contributed by atoms with E-state index in [2.05, 4.69) is 20.4 Å². The summed E-state index contributed by atoms with van der Waals surface area (Å²) in [5, 5.41) is 22.4. The molecule has 8 nitrogen and oxygen atoms in total. The van der Waals surface area contributed by atoms with Gasteiger partial charge < -0.3 is 0 Å². The third kappa shape index (κ3) is 2.50. The second kappa shape index (κ2) is 4.97. The van der Waals surface area contributed by atoms with E-state index < -0.39 is 4.92 Å². The Kier molecular flexibility index (Phi) is 3.15. The Morgan fingerprint density at radius 1 is 1.50 bits per heavy atom. The number of hydrogen-bond acceptors (Lipinski definition) is 6. The standard InChI is InChI=1S/C12H14N6O2/c1-16(9-5-6-9)8-12-13-14-15-17(12)10-3-2-4-11(7-10)18(19)20/h2-4,7,9H,5-6,8H2,1H3. The van der Waals surface area contributed by atoms with Gasteiger partial charge in [0.25, 0.3) is 5.69 Å². The predicted octanol–water partition coefficient (Wildman–Crippen LogP) is 1.16. The Morgan fingerprint density at radius 2 is 2.30 bits per heavy atom.